The summed E-state index contributed by atoms with van der Waals surface area (Å²) in [5.74, 6) is 0.892. The number of likely N-dealkylation sites (tertiary alicyclic amines) is 1. The van der Waals surface area contributed by atoms with Gasteiger partial charge < -0.3 is 15.4 Å². The van der Waals surface area contributed by atoms with Crippen molar-refractivity contribution in [2.45, 2.75) is 58.5 Å². The van der Waals surface area contributed by atoms with E-state index in [9.17, 15) is 0 Å². The number of rotatable bonds is 6. The van der Waals surface area contributed by atoms with E-state index in [1.165, 1.54) is 30.8 Å². The second-order valence-corrected chi connectivity index (χ2v) is 8.62. The Kier molecular flexibility index (Phi) is 6.89. The highest BCUT2D eigenvalue weighted by Gasteiger charge is 2.39. The van der Waals surface area contributed by atoms with Gasteiger partial charge in [-0.15, -0.1) is 11.3 Å². The monoisotopic (exact) mass is 379 g/mol. The van der Waals surface area contributed by atoms with Crippen molar-refractivity contribution in [2.24, 2.45) is 4.99 Å². The molecule has 1 aromatic rings. The largest absolute Gasteiger partial charge is 0.381 e. The zero-order valence-electron chi connectivity index (χ0n) is 16.4. The Morgan fingerprint density at radius 2 is 1.96 bits per heavy atom. The van der Waals surface area contributed by atoms with Crippen LogP contribution in [0.3, 0.4) is 0 Å². The second-order valence-electron chi connectivity index (χ2n) is 7.33. The topological polar surface area (TPSA) is 61.8 Å². The third-order valence-corrected chi connectivity index (χ3v) is 6.63. The van der Waals surface area contributed by atoms with Gasteiger partial charge in [-0.05, 0) is 59.5 Å². The van der Waals surface area contributed by atoms with E-state index in [4.69, 9.17) is 9.73 Å². The summed E-state index contributed by atoms with van der Waals surface area (Å²) in [5, 5.41) is 8.09. The number of hydrogen-bond donors (Lipinski definition) is 2. The Morgan fingerprint density at radius 3 is 2.58 bits per heavy atom. The zero-order chi connectivity index (χ0) is 18.4. The minimum Gasteiger partial charge on any atom is -0.381 e. The molecule has 1 aromatic heterocycles. The summed E-state index contributed by atoms with van der Waals surface area (Å²) in [4.78, 5) is 13.3. The minimum absolute atomic E-state index is 0.208. The molecule has 0 unspecified atom stereocenters. The summed E-state index contributed by atoms with van der Waals surface area (Å²) in [7, 11) is 0. The van der Waals surface area contributed by atoms with Gasteiger partial charge in [-0.25, -0.2) is 9.98 Å². The molecule has 0 aliphatic carbocycles. The van der Waals surface area contributed by atoms with E-state index in [0.717, 1.165) is 55.8 Å². The molecule has 0 bridgehead atoms. The van der Waals surface area contributed by atoms with Crippen molar-refractivity contribution < 1.29 is 4.74 Å². The van der Waals surface area contributed by atoms with Gasteiger partial charge in [-0.1, -0.05) is 0 Å². The lowest BCUT2D eigenvalue weighted by Crippen LogP contribution is -2.58. The van der Waals surface area contributed by atoms with Crippen molar-refractivity contribution in [3.05, 3.63) is 15.6 Å². The minimum atomic E-state index is 0.208. The lowest BCUT2D eigenvalue weighted by molar-refractivity contribution is -0.0164. The molecule has 0 amide bonds. The van der Waals surface area contributed by atoms with Gasteiger partial charge in [0, 0.05) is 36.7 Å². The molecular formula is C19H33N5OS. The standard InChI is InChI=1S/C19H33N5OS/c1-4-20-18(21-13-17-23-15(2)16(3)26-17)22-14-19(7-11-25-12-8-19)24-9-5-6-10-24/h4-14H2,1-3H3,(H2,20,21,22). The fraction of sp³-hybridized carbons (Fsp3) is 0.789. The van der Waals surface area contributed by atoms with Gasteiger partial charge in [0.1, 0.15) is 5.01 Å². The number of aliphatic imine (C=N–C) groups is 1. The van der Waals surface area contributed by atoms with E-state index in [-0.39, 0.29) is 5.54 Å². The maximum Gasteiger partial charge on any atom is 0.191 e. The maximum absolute atomic E-state index is 5.65. The van der Waals surface area contributed by atoms with Crippen molar-refractivity contribution in [2.75, 3.05) is 39.4 Å². The molecule has 7 heteroatoms. The molecule has 3 rings (SSSR count). The maximum atomic E-state index is 5.65. The lowest BCUT2D eigenvalue weighted by atomic mass is 9.88. The van der Waals surface area contributed by atoms with Gasteiger partial charge in [0.2, 0.25) is 0 Å². The number of aryl methyl sites for hydroxylation is 2. The van der Waals surface area contributed by atoms with Gasteiger partial charge in [0.05, 0.1) is 12.2 Å². The van der Waals surface area contributed by atoms with Crippen LogP contribution in [0.4, 0.5) is 0 Å². The van der Waals surface area contributed by atoms with Gasteiger partial charge in [0.25, 0.3) is 0 Å². The van der Waals surface area contributed by atoms with Crippen molar-refractivity contribution in [1.29, 1.82) is 0 Å². The molecule has 2 saturated heterocycles. The number of nitrogens with one attached hydrogen (secondary N) is 2. The molecule has 3 heterocycles. The quantitative estimate of drug-likeness (QED) is 0.587. The Labute approximate surface area is 161 Å². The highest BCUT2D eigenvalue weighted by molar-refractivity contribution is 7.11. The first-order valence-corrected chi connectivity index (χ1v) is 10.7. The molecule has 0 spiro atoms. The lowest BCUT2D eigenvalue weighted by Gasteiger charge is -2.45. The Balaban J connectivity index is 1.64. The van der Waals surface area contributed by atoms with Gasteiger partial charge in [-0.2, -0.15) is 0 Å². The SMILES string of the molecule is CCNC(=NCc1nc(C)c(C)s1)NCC1(N2CCCC2)CCOCC1. The van der Waals surface area contributed by atoms with Crippen LogP contribution >= 0.6 is 11.3 Å². The van der Waals surface area contributed by atoms with Crippen LogP contribution in [0.1, 0.15) is 48.2 Å². The first-order chi connectivity index (χ1) is 12.6. The highest BCUT2D eigenvalue weighted by atomic mass is 32.1. The number of thiazole rings is 1. The highest BCUT2D eigenvalue weighted by Crippen LogP contribution is 2.30. The Hall–Kier alpha value is -1.18. The zero-order valence-corrected chi connectivity index (χ0v) is 17.3. The molecule has 26 heavy (non-hydrogen) atoms. The summed E-state index contributed by atoms with van der Waals surface area (Å²) in [6.45, 7) is 12.9. The van der Waals surface area contributed by atoms with Crippen LogP contribution in [0.2, 0.25) is 0 Å². The Bertz CT molecular complexity index is 584. The molecular weight excluding hydrogens is 346 g/mol. The molecule has 2 aliphatic heterocycles. The van der Waals surface area contributed by atoms with Crippen molar-refractivity contribution >= 4 is 17.3 Å². The van der Waals surface area contributed by atoms with Gasteiger partial charge in [-0.3, -0.25) is 4.90 Å². The average Bonchev–Trinajstić information content (AvgIpc) is 3.29. The molecule has 0 aromatic carbocycles. The number of ether oxygens (including phenoxy) is 1. The first kappa shape index (κ1) is 19.6. The van der Waals surface area contributed by atoms with Crippen LogP contribution < -0.4 is 10.6 Å². The average molecular weight is 380 g/mol. The summed E-state index contributed by atoms with van der Waals surface area (Å²) >= 11 is 1.74. The number of hydrogen-bond acceptors (Lipinski definition) is 5. The molecule has 0 atom stereocenters. The molecule has 0 saturated carbocycles. The molecule has 146 valence electrons. The summed E-state index contributed by atoms with van der Waals surface area (Å²) in [5.41, 5.74) is 1.33. The predicted molar refractivity (Wildman–Crippen MR) is 108 cm³/mol. The fourth-order valence-electron chi connectivity index (χ4n) is 3.89. The Morgan fingerprint density at radius 1 is 1.23 bits per heavy atom. The van der Waals surface area contributed by atoms with Crippen molar-refractivity contribution in [3.63, 3.8) is 0 Å². The van der Waals surface area contributed by atoms with Crippen LogP contribution in [-0.2, 0) is 11.3 Å². The summed E-state index contributed by atoms with van der Waals surface area (Å²) < 4.78 is 5.65. The summed E-state index contributed by atoms with van der Waals surface area (Å²) in [6, 6.07) is 0. The van der Waals surface area contributed by atoms with Gasteiger partial charge >= 0.3 is 0 Å². The smallest absolute Gasteiger partial charge is 0.191 e. The third kappa shape index (κ3) is 4.75. The van der Waals surface area contributed by atoms with Crippen molar-refractivity contribution in [3.8, 4) is 0 Å². The second kappa shape index (κ2) is 9.15. The molecule has 2 aliphatic rings. The van der Waals surface area contributed by atoms with Gasteiger partial charge in [0.15, 0.2) is 5.96 Å². The van der Waals surface area contributed by atoms with Crippen molar-refractivity contribution in [1.82, 2.24) is 20.5 Å². The van der Waals surface area contributed by atoms with E-state index in [2.05, 4.69) is 41.3 Å². The normalized spacial score (nSPS) is 21.1. The fourth-order valence-corrected chi connectivity index (χ4v) is 4.75. The number of guanidine groups is 1. The molecule has 6 nitrogen and oxygen atoms in total. The van der Waals surface area contributed by atoms with E-state index in [0.29, 0.717) is 6.54 Å². The van der Waals surface area contributed by atoms with Crippen LogP contribution in [0.5, 0.6) is 0 Å². The first-order valence-electron chi connectivity index (χ1n) is 9.91. The summed E-state index contributed by atoms with van der Waals surface area (Å²) in [6.07, 6.45) is 4.84. The van der Waals surface area contributed by atoms with E-state index >= 15 is 0 Å². The van der Waals surface area contributed by atoms with E-state index in [1.807, 2.05) is 0 Å². The molecule has 0 radical (unpaired) electrons. The van der Waals surface area contributed by atoms with Crippen LogP contribution in [0.25, 0.3) is 0 Å². The third-order valence-electron chi connectivity index (χ3n) is 5.57. The van der Waals surface area contributed by atoms with Crippen LogP contribution in [0.15, 0.2) is 4.99 Å². The number of aromatic nitrogens is 1. The van der Waals surface area contributed by atoms with Crippen LogP contribution in [0, 0.1) is 13.8 Å². The van der Waals surface area contributed by atoms with Crippen LogP contribution in [-0.4, -0.2) is 60.8 Å². The molecule has 2 N–H and O–H groups in total. The molecule has 2 fully saturated rings. The van der Waals surface area contributed by atoms with E-state index < -0.39 is 0 Å². The van der Waals surface area contributed by atoms with E-state index in [1.54, 1.807) is 11.3 Å². The predicted octanol–water partition coefficient (Wildman–Crippen LogP) is 2.46. The number of nitrogens with zero attached hydrogens (tertiary/aromatic N) is 3.